The lowest BCUT2D eigenvalue weighted by Gasteiger charge is -2.15. The van der Waals surface area contributed by atoms with Gasteiger partial charge in [-0.3, -0.25) is 15.1 Å². The number of nitro benzene ring substituents is 1. The van der Waals surface area contributed by atoms with Crippen molar-refractivity contribution in [1.29, 1.82) is 0 Å². The Labute approximate surface area is 113 Å². The Morgan fingerprint density at radius 1 is 1.33 bits per heavy atom. The van der Waals surface area contributed by atoms with Crippen molar-refractivity contribution in [2.24, 2.45) is 0 Å². The Morgan fingerprint density at radius 3 is 2.67 bits per heavy atom. The topological polar surface area (TPSA) is 56.0 Å². The van der Waals surface area contributed by atoms with Gasteiger partial charge in [-0.2, -0.15) is 0 Å². The fourth-order valence-electron chi connectivity index (χ4n) is 1.97. The smallest absolute Gasteiger partial charge is 0.258 e. The van der Waals surface area contributed by atoms with E-state index in [1.807, 2.05) is 19.9 Å². The van der Waals surface area contributed by atoms with E-state index in [1.54, 1.807) is 24.4 Å². The van der Waals surface area contributed by atoms with Crippen LogP contribution in [0.15, 0.2) is 30.5 Å². The molecule has 94 valence electrons. The van der Waals surface area contributed by atoms with Crippen LogP contribution in [0.1, 0.15) is 25.3 Å². The summed E-state index contributed by atoms with van der Waals surface area (Å²) in [6.07, 6.45) is 1.64. The molecule has 2 aromatic rings. The number of halogens is 1. The summed E-state index contributed by atoms with van der Waals surface area (Å²) in [6.45, 7) is 3.96. The normalized spacial score (nSPS) is 14.4. The molecule has 0 spiro atoms. The molecule has 0 saturated carbocycles. The zero-order chi connectivity index (χ0) is 13.3. The largest absolute Gasteiger partial charge is 0.282 e. The second kappa shape index (κ2) is 5.02. The number of hydrogen-bond donors (Lipinski definition) is 0. The van der Waals surface area contributed by atoms with E-state index in [9.17, 15) is 10.1 Å². The number of fused-ring (bicyclic) bond motifs is 1. The first-order valence-electron chi connectivity index (χ1n) is 5.68. The summed E-state index contributed by atoms with van der Waals surface area (Å²) in [7, 11) is 0. The van der Waals surface area contributed by atoms with Gasteiger partial charge in [-0.25, -0.2) is 0 Å². The van der Waals surface area contributed by atoms with Gasteiger partial charge < -0.3 is 0 Å². The van der Waals surface area contributed by atoms with Crippen molar-refractivity contribution in [3.05, 3.63) is 46.1 Å². The lowest BCUT2D eigenvalue weighted by atomic mass is 9.94. The van der Waals surface area contributed by atoms with E-state index in [4.69, 9.17) is 0 Å². The molecule has 2 atom stereocenters. The maximum atomic E-state index is 11.3. The summed E-state index contributed by atoms with van der Waals surface area (Å²) < 4.78 is 0. The molecule has 0 saturated heterocycles. The molecule has 0 fully saturated rings. The summed E-state index contributed by atoms with van der Waals surface area (Å²) in [6, 6.07) is 7.11. The van der Waals surface area contributed by atoms with Gasteiger partial charge >= 0.3 is 0 Å². The fourth-order valence-corrected chi connectivity index (χ4v) is 2.26. The minimum Gasteiger partial charge on any atom is -0.258 e. The maximum Gasteiger partial charge on any atom is 0.282 e. The molecule has 0 aliphatic heterocycles. The number of rotatable bonds is 3. The van der Waals surface area contributed by atoms with Crippen LogP contribution in [0.3, 0.4) is 0 Å². The minimum absolute atomic E-state index is 0.0648. The van der Waals surface area contributed by atoms with Crippen molar-refractivity contribution in [2.45, 2.75) is 24.6 Å². The van der Waals surface area contributed by atoms with Gasteiger partial charge in [-0.15, -0.1) is 0 Å². The van der Waals surface area contributed by atoms with Gasteiger partial charge in [0.05, 0.1) is 15.8 Å². The Balaban J connectivity index is 2.74. The highest BCUT2D eigenvalue weighted by molar-refractivity contribution is 9.09. The van der Waals surface area contributed by atoms with Gasteiger partial charge in [0.1, 0.15) is 0 Å². The van der Waals surface area contributed by atoms with Gasteiger partial charge in [0.25, 0.3) is 5.69 Å². The van der Waals surface area contributed by atoms with Crippen LogP contribution in [0.5, 0.6) is 0 Å². The van der Waals surface area contributed by atoms with Crippen molar-refractivity contribution in [3.8, 4) is 0 Å². The van der Waals surface area contributed by atoms with Gasteiger partial charge in [0.15, 0.2) is 0 Å². The number of pyridine rings is 1. The number of benzene rings is 1. The number of aromatic nitrogens is 1. The van der Waals surface area contributed by atoms with Crippen LogP contribution >= 0.6 is 15.9 Å². The summed E-state index contributed by atoms with van der Waals surface area (Å²) >= 11 is 3.49. The third-order valence-corrected chi connectivity index (χ3v) is 3.94. The molecular weight excluding hydrogens is 296 g/mol. The SMILES string of the molecule is CC(Br)C(C)c1ccc2ncccc2c1[N+](=O)[O-]. The van der Waals surface area contributed by atoms with Gasteiger partial charge in [0.2, 0.25) is 0 Å². The van der Waals surface area contributed by atoms with Crippen LogP contribution in [0, 0.1) is 10.1 Å². The summed E-state index contributed by atoms with van der Waals surface area (Å²) in [5.41, 5.74) is 1.56. The molecular formula is C13H13BrN2O2. The fraction of sp³-hybridized carbons (Fsp3) is 0.308. The molecule has 4 nitrogen and oxygen atoms in total. The van der Waals surface area contributed by atoms with Gasteiger partial charge in [-0.1, -0.05) is 29.8 Å². The quantitative estimate of drug-likeness (QED) is 0.488. The molecule has 0 amide bonds. The second-order valence-electron chi connectivity index (χ2n) is 4.30. The number of hydrogen-bond acceptors (Lipinski definition) is 3. The molecule has 1 heterocycles. The molecule has 0 N–H and O–H groups in total. The first-order valence-corrected chi connectivity index (χ1v) is 6.60. The second-order valence-corrected chi connectivity index (χ2v) is 5.74. The molecule has 1 aromatic heterocycles. The summed E-state index contributed by atoms with van der Waals surface area (Å²) in [4.78, 5) is 15.3. The van der Waals surface area contributed by atoms with Crippen molar-refractivity contribution in [1.82, 2.24) is 4.98 Å². The van der Waals surface area contributed by atoms with Crippen LogP contribution in [0.25, 0.3) is 10.9 Å². The Bertz CT molecular complexity index is 599. The zero-order valence-electron chi connectivity index (χ0n) is 10.1. The van der Waals surface area contributed by atoms with Crippen LogP contribution in [0.4, 0.5) is 5.69 Å². The van der Waals surface area contributed by atoms with E-state index >= 15 is 0 Å². The lowest BCUT2D eigenvalue weighted by Crippen LogP contribution is -2.08. The first kappa shape index (κ1) is 13.0. The van der Waals surface area contributed by atoms with Crippen molar-refractivity contribution in [3.63, 3.8) is 0 Å². The minimum atomic E-state index is -0.314. The van der Waals surface area contributed by atoms with E-state index in [0.717, 1.165) is 5.56 Å². The summed E-state index contributed by atoms with van der Waals surface area (Å²) in [5.74, 6) is 0.0648. The molecule has 0 aliphatic carbocycles. The average molecular weight is 309 g/mol. The highest BCUT2D eigenvalue weighted by Crippen LogP contribution is 2.36. The standard InChI is InChI=1S/C13H13BrN2O2/c1-8(9(2)14)10-5-6-12-11(4-3-7-15-12)13(10)16(17)18/h3-9H,1-2H3. The van der Waals surface area contributed by atoms with Crippen molar-refractivity contribution < 1.29 is 4.92 Å². The number of nitro groups is 1. The highest BCUT2D eigenvalue weighted by Gasteiger charge is 2.24. The van der Waals surface area contributed by atoms with Crippen LogP contribution < -0.4 is 0 Å². The third-order valence-electron chi connectivity index (χ3n) is 3.15. The summed E-state index contributed by atoms with van der Waals surface area (Å²) in [5, 5.41) is 11.9. The van der Waals surface area contributed by atoms with E-state index in [1.165, 1.54) is 0 Å². The van der Waals surface area contributed by atoms with E-state index in [2.05, 4.69) is 20.9 Å². The van der Waals surface area contributed by atoms with Crippen LogP contribution in [0.2, 0.25) is 0 Å². The van der Waals surface area contributed by atoms with Gasteiger partial charge in [0, 0.05) is 22.5 Å². The molecule has 18 heavy (non-hydrogen) atoms. The first-order chi connectivity index (χ1) is 8.52. The van der Waals surface area contributed by atoms with Crippen molar-refractivity contribution in [2.75, 3.05) is 0 Å². The number of alkyl halides is 1. The maximum absolute atomic E-state index is 11.3. The van der Waals surface area contributed by atoms with Crippen LogP contribution in [-0.4, -0.2) is 14.7 Å². The van der Waals surface area contributed by atoms with E-state index in [-0.39, 0.29) is 21.4 Å². The van der Waals surface area contributed by atoms with E-state index in [0.29, 0.717) is 10.9 Å². The molecule has 0 aliphatic rings. The zero-order valence-corrected chi connectivity index (χ0v) is 11.7. The molecule has 5 heteroatoms. The molecule has 1 aromatic carbocycles. The monoisotopic (exact) mass is 308 g/mol. The Morgan fingerprint density at radius 2 is 2.06 bits per heavy atom. The third kappa shape index (κ3) is 2.22. The highest BCUT2D eigenvalue weighted by atomic mass is 79.9. The predicted molar refractivity (Wildman–Crippen MR) is 75.2 cm³/mol. The van der Waals surface area contributed by atoms with Crippen LogP contribution in [-0.2, 0) is 0 Å². The Kier molecular flexibility index (Phi) is 3.61. The van der Waals surface area contributed by atoms with E-state index < -0.39 is 0 Å². The lowest BCUT2D eigenvalue weighted by molar-refractivity contribution is -0.383. The molecule has 2 rings (SSSR count). The number of nitrogens with zero attached hydrogens (tertiary/aromatic N) is 2. The van der Waals surface area contributed by atoms with Crippen molar-refractivity contribution >= 4 is 32.5 Å². The average Bonchev–Trinajstić information content (AvgIpc) is 2.36. The Hall–Kier alpha value is -1.49. The van der Waals surface area contributed by atoms with Gasteiger partial charge in [-0.05, 0) is 24.3 Å². The molecule has 2 unspecified atom stereocenters. The molecule has 0 bridgehead atoms. The molecule has 0 radical (unpaired) electrons. The predicted octanol–water partition coefficient (Wildman–Crippen LogP) is 4.03.